The van der Waals surface area contributed by atoms with Crippen LogP contribution in [0.5, 0.6) is 0 Å². The van der Waals surface area contributed by atoms with E-state index in [9.17, 15) is 14.4 Å². The molecular formula is C26H29N3O5. The van der Waals surface area contributed by atoms with Gasteiger partial charge in [-0.25, -0.2) is 4.79 Å². The van der Waals surface area contributed by atoms with E-state index in [4.69, 9.17) is 9.47 Å². The molecule has 1 unspecified atom stereocenters. The van der Waals surface area contributed by atoms with Gasteiger partial charge >= 0.3 is 12.1 Å². The smallest absolute Gasteiger partial charge is 0.410 e. The Kier molecular flexibility index (Phi) is 7.57. The number of aromatic nitrogens is 1. The van der Waals surface area contributed by atoms with Crippen LogP contribution in [0, 0.1) is 5.92 Å². The number of pyridine rings is 1. The summed E-state index contributed by atoms with van der Waals surface area (Å²) in [5, 5.41) is 0. The third-order valence-corrected chi connectivity index (χ3v) is 6.31. The maximum atomic E-state index is 13.3. The lowest BCUT2D eigenvalue weighted by Gasteiger charge is -2.32. The van der Waals surface area contributed by atoms with Crippen LogP contribution in [0.2, 0.25) is 0 Å². The number of piperidine rings is 1. The SMILES string of the molecule is COC(=O)C1CCCN(C(=O)c2ccncc2C2=CCN(C(=O)OCc3ccccc3)CC2)C1. The molecule has 2 aliphatic heterocycles. The number of rotatable bonds is 5. The third-order valence-electron chi connectivity index (χ3n) is 6.31. The second-order valence-electron chi connectivity index (χ2n) is 8.50. The van der Waals surface area contributed by atoms with Crippen LogP contribution in [0.1, 0.15) is 40.7 Å². The molecule has 1 aromatic carbocycles. The highest BCUT2D eigenvalue weighted by Gasteiger charge is 2.31. The molecule has 3 heterocycles. The minimum Gasteiger partial charge on any atom is -0.469 e. The molecule has 34 heavy (non-hydrogen) atoms. The van der Waals surface area contributed by atoms with E-state index in [1.807, 2.05) is 36.4 Å². The molecule has 0 spiro atoms. The summed E-state index contributed by atoms with van der Waals surface area (Å²) >= 11 is 0. The van der Waals surface area contributed by atoms with E-state index in [-0.39, 0.29) is 30.5 Å². The summed E-state index contributed by atoms with van der Waals surface area (Å²) < 4.78 is 10.3. The van der Waals surface area contributed by atoms with Crippen molar-refractivity contribution in [2.24, 2.45) is 5.92 Å². The maximum absolute atomic E-state index is 13.3. The van der Waals surface area contributed by atoms with Gasteiger partial charge in [-0.1, -0.05) is 36.4 Å². The number of hydrogen-bond donors (Lipinski definition) is 0. The summed E-state index contributed by atoms with van der Waals surface area (Å²) in [5.74, 6) is -0.685. The molecule has 2 aliphatic rings. The first kappa shape index (κ1) is 23.5. The molecule has 1 atom stereocenters. The van der Waals surface area contributed by atoms with E-state index in [1.165, 1.54) is 7.11 Å². The number of nitrogens with zero attached hydrogens (tertiary/aromatic N) is 3. The molecule has 1 fully saturated rings. The van der Waals surface area contributed by atoms with Crippen LogP contribution in [0.3, 0.4) is 0 Å². The number of amides is 2. The van der Waals surface area contributed by atoms with Crippen LogP contribution in [0.25, 0.3) is 5.57 Å². The number of benzene rings is 1. The fraction of sp³-hybridized carbons (Fsp3) is 0.385. The Bertz CT molecular complexity index is 1070. The van der Waals surface area contributed by atoms with Gasteiger partial charge in [0.05, 0.1) is 18.6 Å². The van der Waals surface area contributed by atoms with Crippen molar-refractivity contribution < 1.29 is 23.9 Å². The standard InChI is InChI=1S/C26H29N3O5/c1-33-25(31)21-8-5-13-29(17-21)24(30)22-9-12-27-16-23(22)20-10-14-28(15-11-20)26(32)34-18-19-6-3-2-4-7-19/h2-4,6-7,9-10,12,16,21H,5,8,11,13-15,17-18H2,1H3. The normalized spacial score (nSPS) is 18.1. The molecule has 178 valence electrons. The largest absolute Gasteiger partial charge is 0.469 e. The van der Waals surface area contributed by atoms with Gasteiger partial charge in [-0.05, 0) is 36.5 Å². The number of carbonyl (C=O) groups excluding carboxylic acids is 3. The van der Waals surface area contributed by atoms with E-state index in [2.05, 4.69) is 4.98 Å². The summed E-state index contributed by atoms with van der Waals surface area (Å²) in [4.78, 5) is 45.4. The molecule has 4 rings (SSSR count). The Labute approximate surface area is 199 Å². The van der Waals surface area contributed by atoms with Crippen molar-refractivity contribution in [3.63, 3.8) is 0 Å². The number of methoxy groups -OCH3 is 1. The molecule has 0 aliphatic carbocycles. The number of esters is 1. The third kappa shape index (κ3) is 5.44. The van der Waals surface area contributed by atoms with Crippen LogP contribution in [0.4, 0.5) is 4.79 Å². The lowest BCUT2D eigenvalue weighted by molar-refractivity contribution is -0.146. The number of ether oxygens (including phenoxy) is 2. The molecule has 0 radical (unpaired) electrons. The van der Waals surface area contributed by atoms with Crippen LogP contribution < -0.4 is 0 Å². The molecule has 1 aromatic heterocycles. The highest BCUT2D eigenvalue weighted by atomic mass is 16.6. The van der Waals surface area contributed by atoms with Crippen molar-refractivity contribution in [2.45, 2.75) is 25.9 Å². The Balaban J connectivity index is 1.41. The summed E-state index contributed by atoms with van der Waals surface area (Å²) in [7, 11) is 1.38. The topological polar surface area (TPSA) is 89.0 Å². The lowest BCUT2D eigenvalue weighted by Crippen LogP contribution is -2.43. The van der Waals surface area contributed by atoms with Crippen LogP contribution >= 0.6 is 0 Å². The second-order valence-corrected chi connectivity index (χ2v) is 8.50. The van der Waals surface area contributed by atoms with Gasteiger partial charge < -0.3 is 19.3 Å². The second kappa shape index (κ2) is 11.0. The molecular weight excluding hydrogens is 434 g/mol. The van der Waals surface area contributed by atoms with Crippen LogP contribution in [-0.4, -0.2) is 66.0 Å². The van der Waals surface area contributed by atoms with E-state index in [0.717, 1.165) is 29.5 Å². The van der Waals surface area contributed by atoms with Gasteiger partial charge in [-0.3, -0.25) is 14.6 Å². The lowest BCUT2D eigenvalue weighted by atomic mass is 9.94. The Morgan fingerprint density at radius 2 is 1.91 bits per heavy atom. The molecule has 8 heteroatoms. The zero-order chi connectivity index (χ0) is 23.9. The van der Waals surface area contributed by atoms with E-state index in [1.54, 1.807) is 28.3 Å². The Morgan fingerprint density at radius 1 is 1.09 bits per heavy atom. The maximum Gasteiger partial charge on any atom is 0.410 e. The van der Waals surface area contributed by atoms with Gasteiger partial charge in [0.2, 0.25) is 0 Å². The number of hydrogen-bond acceptors (Lipinski definition) is 6. The van der Waals surface area contributed by atoms with Gasteiger partial charge in [-0.15, -0.1) is 0 Å². The molecule has 0 N–H and O–H groups in total. The minimum atomic E-state index is -0.358. The molecule has 2 amide bonds. The minimum absolute atomic E-state index is 0.114. The fourth-order valence-corrected chi connectivity index (χ4v) is 4.42. The molecule has 0 bridgehead atoms. The Morgan fingerprint density at radius 3 is 2.65 bits per heavy atom. The summed E-state index contributed by atoms with van der Waals surface area (Å²) in [6.45, 7) is 2.09. The summed E-state index contributed by atoms with van der Waals surface area (Å²) in [5.41, 5.74) is 3.25. The van der Waals surface area contributed by atoms with Gasteiger partial charge in [0.15, 0.2) is 0 Å². The van der Waals surface area contributed by atoms with Crippen molar-refractivity contribution in [1.29, 1.82) is 0 Å². The predicted molar refractivity (Wildman–Crippen MR) is 126 cm³/mol. The van der Waals surface area contributed by atoms with Crippen LogP contribution in [-0.2, 0) is 20.9 Å². The van der Waals surface area contributed by atoms with Crippen molar-refractivity contribution in [3.05, 3.63) is 71.6 Å². The summed E-state index contributed by atoms with van der Waals surface area (Å²) in [6, 6.07) is 11.3. The highest BCUT2D eigenvalue weighted by molar-refractivity contribution is 5.99. The average molecular weight is 464 g/mol. The van der Waals surface area contributed by atoms with Gasteiger partial charge in [0.1, 0.15) is 6.61 Å². The average Bonchev–Trinajstić information content (AvgIpc) is 2.91. The molecule has 0 saturated carbocycles. The molecule has 8 nitrogen and oxygen atoms in total. The summed E-state index contributed by atoms with van der Waals surface area (Å²) in [6.07, 6.45) is 6.98. The van der Waals surface area contributed by atoms with Gasteiger partial charge in [0.25, 0.3) is 5.91 Å². The first-order chi connectivity index (χ1) is 16.6. The van der Waals surface area contributed by atoms with Gasteiger partial charge in [-0.2, -0.15) is 0 Å². The fourth-order valence-electron chi connectivity index (χ4n) is 4.42. The van der Waals surface area contributed by atoms with Gasteiger partial charge in [0, 0.05) is 44.1 Å². The predicted octanol–water partition coefficient (Wildman–Crippen LogP) is 3.53. The molecule has 1 saturated heterocycles. The van der Waals surface area contributed by atoms with Crippen molar-refractivity contribution in [2.75, 3.05) is 33.3 Å². The zero-order valence-corrected chi connectivity index (χ0v) is 19.3. The number of carbonyl (C=O) groups is 3. The van der Waals surface area contributed by atoms with Crippen molar-refractivity contribution in [1.82, 2.24) is 14.8 Å². The molecule has 2 aromatic rings. The van der Waals surface area contributed by atoms with E-state index < -0.39 is 0 Å². The van der Waals surface area contributed by atoms with E-state index in [0.29, 0.717) is 38.2 Å². The highest BCUT2D eigenvalue weighted by Crippen LogP contribution is 2.27. The number of likely N-dealkylation sites (tertiary alicyclic amines) is 1. The first-order valence-corrected chi connectivity index (χ1v) is 11.5. The zero-order valence-electron chi connectivity index (χ0n) is 19.3. The van der Waals surface area contributed by atoms with Crippen molar-refractivity contribution in [3.8, 4) is 0 Å². The van der Waals surface area contributed by atoms with Crippen LogP contribution in [0.15, 0.2) is 54.9 Å². The van der Waals surface area contributed by atoms with Crippen molar-refractivity contribution >= 4 is 23.5 Å². The quantitative estimate of drug-likeness (QED) is 0.631. The monoisotopic (exact) mass is 463 g/mol. The Hall–Kier alpha value is -3.68. The van der Waals surface area contributed by atoms with E-state index >= 15 is 0 Å². The first-order valence-electron chi connectivity index (χ1n) is 11.5.